The minimum atomic E-state index is -0.402. The van der Waals surface area contributed by atoms with Crippen LogP contribution >= 0.6 is 0 Å². The Morgan fingerprint density at radius 3 is 2.36 bits per heavy atom. The lowest BCUT2D eigenvalue weighted by atomic mass is 10.1. The van der Waals surface area contributed by atoms with Gasteiger partial charge in [0.15, 0.2) is 0 Å². The summed E-state index contributed by atoms with van der Waals surface area (Å²) in [5.41, 5.74) is 2.07. The first-order valence-electron chi connectivity index (χ1n) is 9.48. The molecule has 1 atom stereocenters. The maximum atomic E-state index is 12.6. The third-order valence-corrected chi connectivity index (χ3v) is 5.01. The van der Waals surface area contributed by atoms with Crippen LogP contribution in [0.15, 0.2) is 48.7 Å². The van der Waals surface area contributed by atoms with Gasteiger partial charge in [-0.3, -0.25) is 19.4 Å². The summed E-state index contributed by atoms with van der Waals surface area (Å²) in [4.78, 5) is 42.7. The Morgan fingerprint density at radius 2 is 1.71 bits per heavy atom. The number of aromatic nitrogens is 1. The van der Waals surface area contributed by atoms with Gasteiger partial charge in [-0.05, 0) is 43.2 Å². The van der Waals surface area contributed by atoms with E-state index >= 15 is 0 Å². The van der Waals surface area contributed by atoms with Crippen molar-refractivity contribution < 1.29 is 14.4 Å². The van der Waals surface area contributed by atoms with Crippen molar-refractivity contribution >= 4 is 29.1 Å². The number of hydrogen-bond donors (Lipinski definition) is 2. The quantitative estimate of drug-likeness (QED) is 0.808. The lowest BCUT2D eigenvalue weighted by molar-refractivity contribution is -0.128. The van der Waals surface area contributed by atoms with Crippen LogP contribution in [0.5, 0.6) is 0 Å². The van der Waals surface area contributed by atoms with E-state index in [2.05, 4.69) is 15.6 Å². The SMILES string of the molecule is O=C(Nc1cccc(NC(=O)C2CC(=O)N(Cc3ccccn3)C2)c1)C1CC1. The minimum absolute atomic E-state index is 0.0232. The first-order chi connectivity index (χ1) is 13.6. The molecule has 2 N–H and O–H groups in total. The number of rotatable bonds is 6. The third-order valence-electron chi connectivity index (χ3n) is 5.01. The molecule has 144 valence electrons. The largest absolute Gasteiger partial charge is 0.336 e. The fraction of sp³-hybridized carbons (Fsp3) is 0.333. The van der Waals surface area contributed by atoms with Crippen molar-refractivity contribution in [1.29, 1.82) is 0 Å². The summed E-state index contributed by atoms with van der Waals surface area (Å²) in [6, 6.07) is 12.7. The van der Waals surface area contributed by atoms with Crippen LogP contribution in [-0.2, 0) is 20.9 Å². The van der Waals surface area contributed by atoms with Gasteiger partial charge in [0.2, 0.25) is 17.7 Å². The van der Waals surface area contributed by atoms with Crippen molar-refractivity contribution in [1.82, 2.24) is 9.88 Å². The van der Waals surface area contributed by atoms with Gasteiger partial charge < -0.3 is 15.5 Å². The first kappa shape index (κ1) is 18.2. The van der Waals surface area contributed by atoms with Crippen molar-refractivity contribution in [2.24, 2.45) is 11.8 Å². The smallest absolute Gasteiger partial charge is 0.229 e. The number of carbonyl (C=O) groups is 3. The second kappa shape index (κ2) is 7.80. The highest BCUT2D eigenvalue weighted by Gasteiger charge is 2.34. The van der Waals surface area contributed by atoms with Crippen molar-refractivity contribution in [3.63, 3.8) is 0 Å². The van der Waals surface area contributed by atoms with Crippen LogP contribution in [-0.4, -0.2) is 34.2 Å². The van der Waals surface area contributed by atoms with Gasteiger partial charge in [0.05, 0.1) is 18.2 Å². The molecule has 28 heavy (non-hydrogen) atoms. The van der Waals surface area contributed by atoms with E-state index in [9.17, 15) is 14.4 Å². The summed E-state index contributed by atoms with van der Waals surface area (Å²) in [6.07, 6.45) is 3.76. The van der Waals surface area contributed by atoms with Gasteiger partial charge in [0, 0.05) is 36.5 Å². The first-order valence-corrected chi connectivity index (χ1v) is 9.48. The molecule has 1 aromatic carbocycles. The number of likely N-dealkylation sites (tertiary alicyclic amines) is 1. The number of carbonyl (C=O) groups excluding carboxylic acids is 3. The Bertz CT molecular complexity index is 896. The highest BCUT2D eigenvalue weighted by Crippen LogP contribution is 2.30. The maximum absolute atomic E-state index is 12.6. The number of anilines is 2. The lowest BCUT2D eigenvalue weighted by Crippen LogP contribution is -2.28. The molecule has 7 heteroatoms. The predicted octanol–water partition coefficient (Wildman–Crippen LogP) is 2.42. The Kier molecular flexibility index (Phi) is 5.06. The number of amides is 3. The van der Waals surface area contributed by atoms with Crippen LogP contribution < -0.4 is 10.6 Å². The van der Waals surface area contributed by atoms with Gasteiger partial charge in [0.1, 0.15) is 0 Å². The Hall–Kier alpha value is -3.22. The molecule has 2 fully saturated rings. The summed E-state index contributed by atoms with van der Waals surface area (Å²) in [5, 5.41) is 5.73. The summed E-state index contributed by atoms with van der Waals surface area (Å²) in [7, 11) is 0. The van der Waals surface area contributed by atoms with Gasteiger partial charge in [-0.2, -0.15) is 0 Å². The molecule has 1 saturated carbocycles. The van der Waals surface area contributed by atoms with Crippen LogP contribution in [0.3, 0.4) is 0 Å². The zero-order chi connectivity index (χ0) is 19.5. The zero-order valence-electron chi connectivity index (χ0n) is 15.4. The van der Waals surface area contributed by atoms with E-state index in [0.29, 0.717) is 24.5 Å². The molecule has 1 aromatic heterocycles. The Morgan fingerprint density at radius 1 is 1.00 bits per heavy atom. The van der Waals surface area contributed by atoms with E-state index in [0.717, 1.165) is 18.5 Å². The lowest BCUT2D eigenvalue weighted by Gasteiger charge is -2.16. The van der Waals surface area contributed by atoms with Crippen molar-refractivity contribution in [2.75, 3.05) is 17.2 Å². The summed E-state index contributed by atoms with van der Waals surface area (Å²) in [5.74, 6) is -0.498. The van der Waals surface area contributed by atoms with E-state index in [1.165, 1.54) is 0 Å². The van der Waals surface area contributed by atoms with E-state index in [1.807, 2.05) is 18.2 Å². The van der Waals surface area contributed by atoms with Gasteiger partial charge in [-0.15, -0.1) is 0 Å². The van der Waals surface area contributed by atoms with Crippen LogP contribution in [0.1, 0.15) is 25.0 Å². The fourth-order valence-electron chi connectivity index (χ4n) is 3.30. The standard InChI is InChI=1S/C21H22N4O3/c26-19-10-15(12-25(19)13-18-4-1-2-9-22-18)21(28)24-17-6-3-5-16(11-17)23-20(27)14-7-8-14/h1-6,9,11,14-15H,7-8,10,12-13H2,(H,23,27)(H,24,28). The monoisotopic (exact) mass is 378 g/mol. The number of hydrogen-bond acceptors (Lipinski definition) is 4. The average molecular weight is 378 g/mol. The Labute approximate surface area is 163 Å². The van der Waals surface area contributed by atoms with Gasteiger partial charge in [-0.25, -0.2) is 0 Å². The number of benzene rings is 1. The second-order valence-corrected chi connectivity index (χ2v) is 7.33. The molecule has 2 aromatic rings. The molecule has 0 bridgehead atoms. The molecule has 7 nitrogen and oxygen atoms in total. The molecule has 2 heterocycles. The van der Waals surface area contributed by atoms with Crippen LogP contribution in [0, 0.1) is 11.8 Å². The summed E-state index contributed by atoms with van der Waals surface area (Å²) < 4.78 is 0. The number of pyridine rings is 1. The molecule has 0 spiro atoms. The van der Waals surface area contributed by atoms with E-state index in [-0.39, 0.29) is 30.1 Å². The van der Waals surface area contributed by atoms with Gasteiger partial charge in [0.25, 0.3) is 0 Å². The van der Waals surface area contributed by atoms with Gasteiger partial charge in [-0.1, -0.05) is 12.1 Å². The van der Waals surface area contributed by atoms with Crippen molar-refractivity contribution in [3.8, 4) is 0 Å². The molecule has 4 rings (SSSR count). The topological polar surface area (TPSA) is 91.4 Å². The molecular weight excluding hydrogens is 356 g/mol. The average Bonchev–Trinajstić information content (AvgIpc) is 3.47. The molecule has 3 amide bonds. The predicted molar refractivity (Wildman–Crippen MR) is 104 cm³/mol. The van der Waals surface area contributed by atoms with E-state index in [1.54, 1.807) is 35.4 Å². The second-order valence-electron chi connectivity index (χ2n) is 7.33. The van der Waals surface area contributed by atoms with Crippen LogP contribution in [0.2, 0.25) is 0 Å². The van der Waals surface area contributed by atoms with Crippen LogP contribution in [0.4, 0.5) is 11.4 Å². The molecule has 1 unspecified atom stereocenters. The highest BCUT2D eigenvalue weighted by molar-refractivity contribution is 5.98. The maximum Gasteiger partial charge on any atom is 0.229 e. The summed E-state index contributed by atoms with van der Waals surface area (Å²) in [6.45, 7) is 0.783. The molecule has 1 aliphatic heterocycles. The van der Waals surface area contributed by atoms with Crippen molar-refractivity contribution in [3.05, 3.63) is 54.4 Å². The molecular formula is C21H22N4O3. The highest BCUT2D eigenvalue weighted by atomic mass is 16.2. The van der Waals surface area contributed by atoms with E-state index < -0.39 is 5.92 Å². The molecule has 0 radical (unpaired) electrons. The third kappa shape index (κ3) is 4.36. The molecule has 1 aliphatic carbocycles. The number of nitrogens with one attached hydrogen (secondary N) is 2. The van der Waals surface area contributed by atoms with Gasteiger partial charge >= 0.3 is 0 Å². The minimum Gasteiger partial charge on any atom is -0.336 e. The van der Waals surface area contributed by atoms with E-state index in [4.69, 9.17) is 0 Å². The van der Waals surface area contributed by atoms with Crippen molar-refractivity contribution in [2.45, 2.75) is 25.8 Å². The summed E-state index contributed by atoms with van der Waals surface area (Å²) >= 11 is 0. The number of nitrogens with zero attached hydrogens (tertiary/aromatic N) is 2. The normalized spacial score (nSPS) is 18.8. The molecule has 1 saturated heterocycles. The molecule has 2 aliphatic rings. The Balaban J connectivity index is 1.34. The van der Waals surface area contributed by atoms with Crippen LogP contribution in [0.25, 0.3) is 0 Å². The fourth-order valence-corrected chi connectivity index (χ4v) is 3.30. The zero-order valence-corrected chi connectivity index (χ0v) is 15.4.